The van der Waals surface area contributed by atoms with Crippen molar-refractivity contribution in [2.24, 2.45) is 40.9 Å². The summed E-state index contributed by atoms with van der Waals surface area (Å²) < 4.78 is 0. The van der Waals surface area contributed by atoms with Crippen LogP contribution in [0.1, 0.15) is 137 Å². The summed E-state index contributed by atoms with van der Waals surface area (Å²) in [6, 6.07) is 5.56. The molecular formula is C37H59N3O3. The Balaban J connectivity index is 1.43. The van der Waals surface area contributed by atoms with Crippen LogP contribution in [-0.4, -0.2) is 17.7 Å². The van der Waals surface area contributed by atoms with Gasteiger partial charge in [0.2, 0.25) is 17.7 Å². The molecule has 3 saturated carbocycles. The molecule has 0 aliphatic heterocycles. The van der Waals surface area contributed by atoms with Gasteiger partial charge < -0.3 is 16.0 Å². The standard InChI is InChI=1S/C37H59N3O3/c1-6-8-25-10-14-27(15-11-25)34(41)38-31-22-32(39-35(42)28-16-12-26(9-7-2)13-17-28)24-33(23-31)40-36(43)29-18-20-30(21-19-29)37(3,4)5/h22-30H,6-21H2,1-5H3,(H,38,41)(H,39,42)(H,40,43)/t25-,26-,27-,28-,29-,30+. The van der Waals surface area contributed by atoms with Gasteiger partial charge in [-0.05, 0) is 118 Å². The van der Waals surface area contributed by atoms with Gasteiger partial charge in [0.05, 0.1) is 0 Å². The monoisotopic (exact) mass is 593 g/mol. The molecule has 0 spiro atoms. The van der Waals surface area contributed by atoms with Gasteiger partial charge in [-0.3, -0.25) is 14.4 Å². The lowest BCUT2D eigenvalue weighted by Crippen LogP contribution is -2.31. The van der Waals surface area contributed by atoms with Crippen LogP contribution in [0.5, 0.6) is 0 Å². The average molecular weight is 594 g/mol. The van der Waals surface area contributed by atoms with Crippen molar-refractivity contribution < 1.29 is 14.4 Å². The van der Waals surface area contributed by atoms with Crippen LogP contribution in [0.25, 0.3) is 0 Å². The summed E-state index contributed by atoms with van der Waals surface area (Å²) in [5.74, 6) is 2.28. The first-order valence-corrected chi connectivity index (χ1v) is 17.6. The van der Waals surface area contributed by atoms with Crippen molar-refractivity contribution in [1.82, 2.24) is 0 Å². The molecule has 1 aromatic rings. The topological polar surface area (TPSA) is 87.3 Å². The first-order chi connectivity index (χ1) is 20.5. The smallest absolute Gasteiger partial charge is 0.227 e. The minimum atomic E-state index is -0.00787. The maximum atomic E-state index is 13.4. The Kier molecular flexibility index (Phi) is 12.1. The predicted molar refractivity (Wildman–Crippen MR) is 178 cm³/mol. The highest BCUT2D eigenvalue weighted by atomic mass is 16.2. The predicted octanol–water partition coefficient (Wildman–Crippen LogP) is 9.57. The van der Waals surface area contributed by atoms with E-state index in [1.54, 1.807) is 0 Å². The Morgan fingerprint density at radius 2 is 0.860 bits per heavy atom. The van der Waals surface area contributed by atoms with Crippen LogP contribution in [0.2, 0.25) is 0 Å². The summed E-state index contributed by atoms with van der Waals surface area (Å²) in [5.41, 5.74) is 2.18. The van der Waals surface area contributed by atoms with E-state index < -0.39 is 0 Å². The van der Waals surface area contributed by atoms with E-state index in [9.17, 15) is 14.4 Å². The van der Waals surface area contributed by atoms with Crippen LogP contribution in [0.4, 0.5) is 17.1 Å². The van der Waals surface area contributed by atoms with E-state index in [1.165, 1.54) is 25.7 Å². The van der Waals surface area contributed by atoms with Crippen LogP contribution < -0.4 is 16.0 Å². The van der Waals surface area contributed by atoms with Gasteiger partial charge >= 0.3 is 0 Å². The van der Waals surface area contributed by atoms with Gasteiger partial charge in [0, 0.05) is 34.8 Å². The fourth-order valence-electron chi connectivity index (χ4n) is 8.04. The Bertz CT molecular complexity index is 1010. The number of carbonyl (C=O) groups excluding carboxylic acids is 3. The molecule has 43 heavy (non-hydrogen) atoms. The van der Waals surface area contributed by atoms with Crippen LogP contribution in [0, 0.1) is 40.9 Å². The third kappa shape index (κ3) is 9.81. The summed E-state index contributed by atoms with van der Waals surface area (Å²) >= 11 is 0. The maximum Gasteiger partial charge on any atom is 0.227 e. The second-order valence-corrected chi connectivity index (χ2v) is 15.2. The molecule has 0 unspecified atom stereocenters. The molecular weight excluding hydrogens is 534 g/mol. The molecule has 1 aromatic carbocycles. The molecule has 0 bridgehead atoms. The zero-order chi connectivity index (χ0) is 31.0. The number of anilines is 3. The second-order valence-electron chi connectivity index (χ2n) is 15.2. The van der Waals surface area contributed by atoms with Crippen molar-refractivity contribution in [3.63, 3.8) is 0 Å². The molecule has 6 heteroatoms. The molecule has 3 amide bonds. The number of nitrogens with one attached hydrogen (secondary N) is 3. The first kappa shape index (κ1) is 33.5. The van der Waals surface area contributed by atoms with E-state index in [-0.39, 0.29) is 40.9 Å². The average Bonchev–Trinajstić information content (AvgIpc) is 2.97. The highest BCUT2D eigenvalue weighted by Gasteiger charge is 2.33. The number of hydrogen-bond donors (Lipinski definition) is 3. The molecule has 0 radical (unpaired) electrons. The van der Waals surface area contributed by atoms with Gasteiger partial charge in [-0.25, -0.2) is 0 Å². The lowest BCUT2D eigenvalue weighted by atomic mass is 9.69. The van der Waals surface area contributed by atoms with E-state index >= 15 is 0 Å². The Labute approximate surface area is 261 Å². The summed E-state index contributed by atoms with van der Waals surface area (Å²) in [7, 11) is 0. The minimum absolute atomic E-state index is 0.00787. The van der Waals surface area contributed by atoms with Crippen molar-refractivity contribution in [1.29, 1.82) is 0 Å². The van der Waals surface area contributed by atoms with Gasteiger partial charge in [-0.15, -0.1) is 0 Å². The van der Waals surface area contributed by atoms with E-state index in [2.05, 4.69) is 50.6 Å². The zero-order valence-corrected chi connectivity index (χ0v) is 27.7. The molecule has 6 nitrogen and oxygen atoms in total. The lowest BCUT2D eigenvalue weighted by molar-refractivity contribution is -0.122. The highest BCUT2D eigenvalue weighted by molar-refractivity contribution is 5.99. The Morgan fingerprint density at radius 3 is 1.14 bits per heavy atom. The molecule has 0 aromatic heterocycles. The van der Waals surface area contributed by atoms with Crippen molar-refractivity contribution in [2.45, 2.75) is 137 Å². The van der Waals surface area contributed by atoms with E-state index in [0.29, 0.717) is 23.0 Å². The fraction of sp³-hybridized carbons (Fsp3) is 0.757. The number of benzene rings is 1. The van der Waals surface area contributed by atoms with Gasteiger partial charge in [-0.1, -0.05) is 60.3 Å². The molecule has 3 aliphatic carbocycles. The van der Waals surface area contributed by atoms with Crippen LogP contribution >= 0.6 is 0 Å². The molecule has 3 fully saturated rings. The zero-order valence-electron chi connectivity index (χ0n) is 27.7. The number of carbonyl (C=O) groups is 3. The number of hydrogen-bond acceptors (Lipinski definition) is 3. The first-order valence-electron chi connectivity index (χ1n) is 17.6. The Hall–Kier alpha value is -2.37. The van der Waals surface area contributed by atoms with Crippen LogP contribution in [0.3, 0.4) is 0 Å². The molecule has 4 rings (SSSR count). The highest BCUT2D eigenvalue weighted by Crippen LogP contribution is 2.40. The van der Waals surface area contributed by atoms with Crippen molar-refractivity contribution >= 4 is 34.8 Å². The van der Waals surface area contributed by atoms with E-state index in [1.807, 2.05) is 18.2 Å². The molecule has 3 aliphatic rings. The van der Waals surface area contributed by atoms with Gasteiger partial charge in [0.25, 0.3) is 0 Å². The summed E-state index contributed by atoms with van der Waals surface area (Å²) in [4.78, 5) is 40.0. The summed E-state index contributed by atoms with van der Waals surface area (Å²) in [6.07, 6.45) is 17.0. The quantitative estimate of drug-likeness (QED) is 0.252. The summed E-state index contributed by atoms with van der Waals surface area (Å²) in [5, 5.41) is 9.44. The minimum Gasteiger partial charge on any atom is -0.326 e. The van der Waals surface area contributed by atoms with E-state index in [4.69, 9.17) is 0 Å². The molecule has 0 heterocycles. The summed E-state index contributed by atoms with van der Waals surface area (Å²) in [6.45, 7) is 11.3. The molecule has 0 saturated heterocycles. The van der Waals surface area contributed by atoms with Crippen LogP contribution in [-0.2, 0) is 14.4 Å². The van der Waals surface area contributed by atoms with Gasteiger partial charge in [0.1, 0.15) is 0 Å². The Morgan fingerprint density at radius 1 is 0.558 bits per heavy atom. The third-order valence-corrected chi connectivity index (χ3v) is 10.9. The molecule has 240 valence electrons. The number of rotatable bonds is 10. The van der Waals surface area contributed by atoms with Crippen molar-refractivity contribution in [3.05, 3.63) is 18.2 Å². The van der Waals surface area contributed by atoms with E-state index in [0.717, 1.165) is 88.9 Å². The largest absolute Gasteiger partial charge is 0.326 e. The fourth-order valence-corrected chi connectivity index (χ4v) is 8.04. The van der Waals surface area contributed by atoms with Crippen LogP contribution in [0.15, 0.2) is 18.2 Å². The molecule has 0 atom stereocenters. The lowest BCUT2D eigenvalue weighted by Gasteiger charge is -2.36. The van der Waals surface area contributed by atoms with Crippen molar-refractivity contribution in [3.8, 4) is 0 Å². The van der Waals surface area contributed by atoms with Gasteiger partial charge in [0.15, 0.2) is 0 Å². The van der Waals surface area contributed by atoms with Crippen molar-refractivity contribution in [2.75, 3.05) is 16.0 Å². The second kappa shape index (κ2) is 15.6. The number of amides is 3. The third-order valence-electron chi connectivity index (χ3n) is 10.9. The SMILES string of the molecule is CCC[C@H]1CC[C@H](C(=O)Nc2cc(NC(=O)[C@H]3CC[C@H](CCC)CC3)cc(NC(=O)[C@H]3CC[C@@H](C(C)(C)C)CC3)c2)CC1. The maximum absolute atomic E-state index is 13.4. The van der Waals surface area contributed by atoms with Gasteiger partial charge in [-0.2, -0.15) is 0 Å². The molecule has 3 N–H and O–H groups in total. The normalized spacial score (nSPS) is 28.1.